The lowest BCUT2D eigenvalue weighted by Gasteiger charge is -2.35. The lowest BCUT2D eigenvalue weighted by Crippen LogP contribution is -2.39. The molecule has 0 aliphatic carbocycles. The summed E-state index contributed by atoms with van der Waals surface area (Å²) >= 11 is 1.79. The molecular formula is C20H27N3O6S. The van der Waals surface area contributed by atoms with E-state index < -0.39 is 16.6 Å². The van der Waals surface area contributed by atoms with Gasteiger partial charge in [0.15, 0.2) is 11.6 Å². The number of aromatic hydroxyl groups is 1. The lowest BCUT2D eigenvalue weighted by molar-refractivity contribution is -0.122. The van der Waals surface area contributed by atoms with E-state index >= 15 is 0 Å². The molecule has 3 heterocycles. The van der Waals surface area contributed by atoms with Gasteiger partial charge in [-0.2, -0.15) is 16.7 Å². The number of methoxy groups -OCH3 is 1. The molecule has 1 saturated heterocycles. The average molecular weight is 438 g/mol. The second-order valence-electron chi connectivity index (χ2n) is 7.42. The molecule has 0 spiro atoms. The fourth-order valence-corrected chi connectivity index (χ4v) is 4.85. The average Bonchev–Trinajstić information content (AvgIpc) is 3.17. The maximum Gasteiger partial charge on any atom is 0.228 e. The number of thioether (sulfide) groups is 1. The topological polar surface area (TPSA) is 128 Å². The molecule has 1 fully saturated rings. The molecule has 2 aromatic rings. The van der Waals surface area contributed by atoms with Crippen molar-refractivity contribution in [2.75, 3.05) is 31.8 Å². The first-order valence-corrected chi connectivity index (χ1v) is 11.1. The van der Waals surface area contributed by atoms with Crippen molar-refractivity contribution in [3.05, 3.63) is 39.5 Å². The Bertz CT molecular complexity index is 920. The maximum atomic E-state index is 12.7. The number of aromatic nitrogens is 2. The predicted molar refractivity (Wildman–Crippen MR) is 111 cm³/mol. The van der Waals surface area contributed by atoms with Crippen molar-refractivity contribution in [2.24, 2.45) is 0 Å². The van der Waals surface area contributed by atoms with E-state index in [1.54, 1.807) is 25.8 Å². The largest absolute Gasteiger partial charge is 0.502 e. The molecule has 164 valence electrons. The van der Waals surface area contributed by atoms with Crippen LogP contribution in [-0.2, 0) is 27.8 Å². The standard InChI is InChI=1S/C20H27N3O6S/c1-13-11-14(24)18(26)19(28-13)20(5-9-30-10-6-20)12-16(25)21-7-3-17-22-15(23-29-17)4-8-27-2/h11,26H,3-10,12H2,1-2H3,(H,21,25). The van der Waals surface area contributed by atoms with Gasteiger partial charge in [0.1, 0.15) is 5.76 Å². The van der Waals surface area contributed by atoms with E-state index in [2.05, 4.69) is 15.5 Å². The zero-order valence-corrected chi connectivity index (χ0v) is 18.0. The molecule has 0 saturated carbocycles. The first kappa shape index (κ1) is 22.4. The fourth-order valence-electron chi connectivity index (χ4n) is 3.57. The summed E-state index contributed by atoms with van der Waals surface area (Å²) in [5.74, 6) is 2.76. The van der Waals surface area contributed by atoms with Crippen molar-refractivity contribution in [1.29, 1.82) is 0 Å². The third kappa shape index (κ3) is 5.42. The van der Waals surface area contributed by atoms with Gasteiger partial charge in [0.2, 0.25) is 23.0 Å². The van der Waals surface area contributed by atoms with Gasteiger partial charge in [-0.25, -0.2) is 0 Å². The first-order chi connectivity index (χ1) is 14.4. The number of amides is 1. The van der Waals surface area contributed by atoms with Gasteiger partial charge in [-0.1, -0.05) is 5.16 Å². The number of hydrogen-bond donors (Lipinski definition) is 2. The molecule has 1 aliphatic heterocycles. The van der Waals surface area contributed by atoms with Crippen molar-refractivity contribution in [1.82, 2.24) is 15.5 Å². The zero-order chi connectivity index (χ0) is 21.6. The summed E-state index contributed by atoms with van der Waals surface area (Å²) in [4.78, 5) is 29.0. The van der Waals surface area contributed by atoms with E-state index in [0.717, 1.165) is 11.5 Å². The number of nitrogens with zero attached hydrogens (tertiary/aromatic N) is 2. The van der Waals surface area contributed by atoms with Gasteiger partial charge in [0.05, 0.1) is 6.61 Å². The molecule has 9 nitrogen and oxygen atoms in total. The van der Waals surface area contributed by atoms with Crippen molar-refractivity contribution < 1.29 is 23.6 Å². The van der Waals surface area contributed by atoms with Crippen LogP contribution in [0.1, 0.15) is 42.5 Å². The number of ether oxygens (including phenoxy) is 1. The third-order valence-electron chi connectivity index (χ3n) is 5.18. The summed E-state index contributed by atoms with van der Waals surface area (Å²) in [6, 6.07) is 1.26. The van der Waals surface area contributed by atoms with Crippen LogP contribution in [-0.4, -0.2) is 52.9 Å². The normalized spacial score (nSPS) is 15.8. The molecule has 0 bridgehead atoms. The van der Waals surface area contributed by atoms with Crippen LogP contribution in [0.4, 0.5) is 0 Å². The molecule has 3 rings (SSSR count). The summed E-state index contributed by atoms with van der Waals surface area (Å²) < 4.78 is 15.9. The van der Waals surface area contributed by atoms with E-state index in [-0.39, 0.29) is 18.1 Å². The van der Waals surface area contributed by atoms with Crippen LogP contribution in [0.2, 0.25) is 0 Å². The summed E-state index contributed by atoms with van der Waals surface area (Å²) in [5, 5.41) is 17.1. The van der Waals surface area contributed by atoms with Crippen LogP contribution < -0.4 is 10.7 Å². The van der Waals surface area contributed by atoms with Crippen LogP contribution in [0.5, 0.6) is 5.75 Å². The van der Waals surface area contributed by atoms with E-state index in [1.165, 1.54) is 6.07 Å². The van der Waals surface area contributed by atoms with Crippen LogP contribution in [0.15, 0.2) is 19.8 Å². The smallest absolute Gasteiger partial charge is 0.228 e. The van der Waals surface area contributed by atoms with E-state index in [1.807, 2.05) is 0 Å². The SMILES string of the molecule is COCCc1noc(CCNC(=O)CC2(c3oc(C)cc(=O)c3O)CCSCC2)n1. The van der Waals surface area contributed by atoms with Gasteiger partial charge in [0.25, 0.3) is 0 Å². The molecule has 0 unspecified atom stereocenters. The monoisotopic (exact) mass is 437 g/mol. The van der Waals surface area contributed by atoms with Crippen LogP contribution in [0, 0.1) is 6.92 Å². The van der Waals surface area contributed by atoms with E-state index in [0.29, 0.717) is 56.3 Å². The molecular weight excluding hydrogens is 410 g/mol. The molecule has 1 aliphatic rings. The van der Waals surface area contributed by atoms with Crippen molar-refractivity contribution in [3.63, 3.8) is 0 Å². The first-order valence-electron chi connectivity index (χ1n) is 9.92. The minimum Gasteiger partial charge on any atom is -0.502 e. The van der Waals surface area contributed by atoms with Gasteiger partial charge >= 0.3 is 0 Å². The molecule has 2 aromatic heterocycles. The molecule has 10 heteroatoms. The Labute approximate surface area is 178 Å². The number of aryl methyl sites for hydroxylation is 1. The highest BCUT2D eigenvalue weighted by molar-refractivity contribution is 7.99. The van der Waals surface area contributed by atoms with Crippen molar-refractivity contribution in [2.45, 2.75) is 44.4 Å². The minimum atomic E-state index is -0.692. The number of rotatable bonds is 9. The molecule has 1 amide bonds. The predicted octanol–water partition coefficient (Wildman–Crippen LogP) is 1.74. The number of hydrogen-bond acceptors (Lipinski definition) is 9. The molecule has 30 heavy (non-hydrogen) atoms. The van der Waals surface area contributed by atoms with Crippen molar-refractivity contribution in [3.8, 4) is 5.75 Å². The molecule has 0 radical (unpaired) electrons. The summed E-state index contributed by atoms with van der Waals surface area (Å²) in [5.41, 5.74) is -1.17. The van der Waals surface area contributed by atoms with Crippen molar-refractivity contribution >= 4 is 17.7 Å². The number of carbonyl (C=O) groups is 1. The van der Waals surface area contributed by atoms with Gasteiger partial charge in [-0.05, 0) is 31.3 Å². The van der Waals surface area contributed by atoms with Gasteiger partial charge in [0, 0.05) is 44.4 Å². The maximum absolute atomic E-state index is 12.7. The number of carbonyl (C=O) groups excluding carboxylic acids is 1. The zero-order valence-electron chi connectivity index (χ0n) is 17.2. The molecule has 2 N–H and O–H groups in total. The highest BCUT2D eigenvalue weighted by Crippen LogP contribution is 2.43. The highest BCUT2D eigenvalue weighted by Gasteiger charge is 2.41. The number of nitrogens with one attached hydrogen (secondary N) is 1. The Kier molecular flexibility index (Phi) is 7.54. The molecule has 0 atom stereocenters. The Morgan fingerprint density at radius 3 is 2.87 bits per heavy atom. The Morgan fingerprint density at radius 1 is 1.37 bits per heavy atom. The van der Waals surface area contributed by atoms with Gasteiger partial charge in [-0.15, -0.1) is 0 Å². The van der Waals surface area contributed by atoms with Crippen LogP contribution >= 0.6 is 11.8 Å². The lowest BCUT2D eigenvalue weighted by atomic mass is 9.75. The minimum absolute atomic E-state index is 0.135. The van der Waals surface area contributed by atoms with Gasteiger partial charge in [-0.3, -0.25) is 9.59 Å². The third-order valence-corrected chi connectivity index (χ3v) is 6.16. The van der Waals surface area contributed by atoms with Gasteiger partial charge < -0.3 is 24.1 Å². The van der Waals surface area contributed by atoms with Crippen LogP contribution in [0.25, 0.3) is 0 Å². The molecule has 0 aromatic carbocycles. The summed E-state index contributed by atoms with van der Waals surface area (Å²) in [7, 11) is 1.61. The summed E-state index contributed by atoms with van der Waals surface area (Å²) in [6.45, 7) is 2.53. The quantitative estimate of drug-likeness (QED) is 0.603. The summed E-state index contributed by atoms with van der Waals surface area (Å²) in [6.07, 6.45) is 2.42. The Morgan fingerprint density at radius 2 is 2.13 bits per heavy atom. The van der Waals surface area contributed by atoms with E-state index in [9.17, 15) is 14.7 Å². The second-order valence-corrected chi connectivity index (χ2v) is 8.64. The van der Waals surface area contributed by atoms with Crippen LogP contribution in [0.3, 0.4) is 0 Å². The Hall–Kier alpha value is -2.33. The van der Waals surface area contributed by atoms with E-state index in [4.69, 9.17) is 13.7 Å². The second kappa shape index (κ2) is 10.1. The Balaban J connectivity index is 1.64. The fraction of sp³-hybridized carbons (Fsp3) is 0.600. The highest BCUT2D eigenvalue weighted by atomic mass is 32.2.